The molecule has 146 valence electrons. The highest BCUT2D eigenvalue weighted by molar-refractivity contribution is 8.01. The smallest absolute Gasteiger partial charge is 0.327 e. The van der Waals surface area contributed by atoms with Crippen LogP contribution in [0.5, 0.6) is 5.75 Å². The Labute approximate surface area is 166 Å². The van der Waals surface area contributed by atoms with Crippen molar-refractivity contribution < 1.29 is 24.2 Å². The second kappa shape index (κ2) is 6.60. The Balaban J connectivity index is 1.72. The standard InChI is InChI=1S/C18H21ClN2O5S/c1-9(26-11-8-6-5-7-10(11)19)13(22)20-18(4)15(25)21-12(14(23)24)17(2,3)27-16(18)21/h5-9,12,16H,1-4H3,(H,20,22)(H,23,24)/t9?,12-,16+,18-/m0/s1. The van der Waals surface area contributed by atoms with E-state index in [0.717, 1.165) is 0 Å². The van der Waals surface area contributed by atoms with E-state index >= 15 is 0 Å². The Morgan fingerprint density at radius 3 is 2.56 bits per heavy atom. The van der Waals surface area contributed by atoms with Crippen LogP contribution in [0.3, 0.4) is 0 Å². The van der Waals surface area contributed by atoms with Gasteiger partial charge in [-0.25, -0.2) is 4.79 Å². The highest BCUT2D eigenvalue weighted by Crippen LogP contribution is 2.54. The summed E-state index contributed by atoms with van der Waals surface area (Å²) in [6, 6.07) is 5.86. The maximum absolute atomic E-state index is 12.7. The lowest BCUT2D eigenvalue weighted by Gasteiger charge is -2.51. The van der Waals surface area contributed by atoms with E-state index < -0.39 is 45.6 Å². The van der Waals surface area contributed by atoms with Crippen LogP contribution in [0.2, 0.25) is 5.02 Å². The van der Waals surface area contributed by atoms with Gasteiger partial charge in [0.15, 0.2) is 6.10 Å². The number of para-hydroxylation sites is 1. The Hall–Kier alpha value is -1.93. The van der Waals surface area contributed by atoms with Crippen molar-refractivity contribution in [3.8, 4) is 5.75 Å². The first-order chi connectivity index (χ1) is 12.5. The summed E-state index contributed by atoms with van der Waals surface area (Å²) in [4.78, 5) is 38.3. The number of hydrogen-bond acceptors (Lipinski definition) is 5. The molecule has 3 rings (SSSR count). The minimum absolute atomic E-state index is 0.371. The van der Waals surface area contributed by atoms with Crippen molar-refractivity contribution in [1.29, 1.82) is 0 Å². The van der Waals surface area contributed by atoms with E-state index in [0.29, 0.717) is 10.8 Å². The van der Waals surface area contributed by atoms with E-state index in [-0.39, 0.29) is 0 Å². The van der Waals surface area contributed by atoms with Crippen LogP contribution in [-0.4, -0.2) is 55.6 Å². The number of ether oxygens (including phenoxy) is 1. The number of carbonyl (C=O) groups excluding carboxylic acids is 2. The zero-order chi connectivity index (χ0) is 20.1. The third kappa shape index (κ3) is 3.14. The summed E-state index contributed by atoms with van der Waals surface area (Å²) in [5.74, 6) is -1.55. The molecule has 1 unspecified atom stereocenters. The van der Waals surface area contributed by atoms with Crippen molar-refractivity contribution in [2.24, 2.45) is 0 Å². The van der Waals surface area contributed by atoms with Gasteiger partial charge in [-0.1, -0.05) is 23.7 Å². The Bertz CT molecular complexity index is 817. The van der Waals surface area contributed by atoms with E-state index in [4.69, 9.17) is 16.3 Å². The molecule has 2 N–H and O–H groups in total. The van der Waals surface area contributed by atoms with Crippen molar-refractivity contribution in [2.75, 3.05) is 0 Å². The molecule has 2 amide bonds. The number of amides is 2. The number of rotatable bonds is 5. The van der Waals surface area contributed by atoms with Gasteiger partial charge in [0.05, 0.1) is 5.02 Å². The molecule has 4 atom stereocenters. The maximum atomic E-state index is 12.7. The number of carboxylic acid groups (broad SMARTS) is 1. The fourth-order valence-electron chi connectivity index (χ4n) is 3.48. The molecule has 0 saturated carbocycles. The van der Waals surface area contributed by atoms with Gasteiger partial charge in [0, 0.05) is 4.75 Å². The van der Waals surface area contributed by atoms with E-state index in [1.165, 1.54) is 16.7 Å². The number of thioether (sulfide) groups is 1. The lowest BCUT2D eigenvalue weighted by atomic mass is 9.86. The number of carbonyl (C=O) groups is 3. The summed E-state index contributed by atoms with van der Waals surface area (Å²) in [6.07, 6.45) is -0.877. The molecule has 1 aromatic carbocycles. The summed E-state index contributed by atoms with van der Waals surface area (Å²) >= 11 is 7.41. The quantitative estimate of drug-likeness (QED) is 0.719. The van der Waals surface area contributed by atoms with Crippen LogP contribution >= 0.6 is 23.4 Å². The van der Waals surface area contributed by atoms with Crippen molar-refractivity contribution in [3.05, 3.63) is 29.3 Å². The van der Waals surface area contributed by atoms with E-state index in [2.05, 4.69) is 5.32 Å². The summed E-state index contributed by atoms with van der Waals surface area (Å²) in [7, 11) is 0. The first-order valence-corrected chi connectivity index (χ1v) is 9.71. The average molecular weight is 413 g/mol. The van der Waals surface area contributed by atoms with Crippen LogP contribution in [-0.2, 0) is 14.4 Å². The van der Waals surface area contributed by atoms with Gasteiger partial charge >= 0.3 is 5.97 Å². The molecule has 7 nitrogen and oxygen atoms in total. The monoisotopic (exact) mass is 412 g/mol. The van der Waals surface area contributed by atoms with Crippen LogP contribution in [0.1, 0.15) is 27.7 Å². The Morgan fingerprint density at radius 2 is 1.96 bits per heavy atom. The topological polar surface area (TPSA) is 95.9 Å². The number of nitrogens with zero attached hydrogens (tertiary/aromatic N) is 1. The van der Waals surface area contributed by atoms with Crippen LogP contribution in [0.25, 0.3) is 0 Å². The first kappa shape index (κ1) is 19.8. The normalized spacial score (nSPS) is 29.5. The molecule has 0 radical (unpaired) electrons. The number of halogens is 1. The minimum Gasteiger partial charge on any atom is -0.480 e. The number of nitrogens with one attached hydrogen (secondary N) is 1. The lowest BCUT2D eigenvalue weighted by Crippen LogP contribution is -2.78. The lowest BCUT2D eigenvalue weighted by molar-refractivity contribution is -0.168. The SMILES string of the molecule is CC(Oc1ccccc1Cl)C(=O)N[C@@]1(C)C(=O)N2[C@@H](C(=O)O)C(C)(C)S[C@@H]21. The molecule has 2 saturated heterocycles. The van der Waals surface area contributed by atoms with Crippen molar-refractivity contribution in [1.82, 2.24) is 10.2 Å². The highest BCUT2D eigenvalue weighted by atomic mass is 35.5. The molecule has 2 aliphatic heterocycles. The van der Waals surface area contributed by atoms with Crippen molar-refractivity contribution >= 4 is 41.1 Å². The highest BCUT2D eigenvalue weighted by Gasteiger charge is 2.70. The van der Waals surface area contributed by atoms with Gasteiger partial charge < -0.3 is 20.1 Å². The summed E-state index contributed by atoms with van der Waals surface area (Å²) in [5, 5.41) is 12.2. The van der Waals surface area contributed by atoms with Gasteiger partial charge in [-0.3, -0.25) is 9.59 Å². The predicted molar refractivity (Wildman–Crippen MR) is 102 cm³/mol. The first-order valence-electron chi connectivity index (χ1n) is 8.45. The molecule has 9 heteroatoms. The van der Waals surface area contributed by atoms with Crippen LogP contribution in [0.15, 0.2) is 24.3 Å². The third-order valence-corrected chi connectivity index (χ3v) is 6.97. The predicted octanol–water partition coefficient (Wildman–Crippen LogP) is 2.13. The fraction of sp³-hybridized carbons (Fsp3) is 0.500. The molecule has 0 spiro atoms. The summed E-state index contributed by atoms with van der Waals surface area (Å²) < 4.78 is 4.94. The number of β-lactam (4-membered cyclic amide) rings is 1. The average Bonchev–Trinajstić information content (AvgIpc) is 2.86. The fourth-order valence-corrected chi connectivity index (χ4v) is 5.31. The number of aliphatic carboxylic acids is 1. The minimum atomic E-state index is -1.18. The molecule has 1 aromatic rings. The maximum Gasteiger partial charge on any atom is 0.327 e. The van der Waals surface area contributed by atoms with Crippen LogP contribution in [0.4, 0.5) is 0 Å². The van der Waals surface area contributed by atoms with Crippen molar-refractivity contribution in [3.63, 3.8) is 0 Å². The number of benzene rings is 1. The van der Waals surface area contributed by atoms with E-state index in [9.17, 15) is 19.5 Å². The van der Waals surface area contributed by atoms with Crippen LogP contribution in [0, 0.1) is 0 Å². The molecule has 0 aromatic heterocycles. The zero-order valence-electron chi connectivity index (χ0n) is 15.4. The Kier molecular flexibility index (Phi) is 4.84. The van der Waals surface area contributed by atoms with Gasteiger partial charge in [0.2, 0.25) is 0 Å². The molecule has 2 fully saturated rings. The zero-order valence-corrected chi connectivity index (χ0v) is 16.9. The van der Waals surface area contributed by atoms with Gasteiger partial charge in [-0.15, -0.1) is 11.8 Å². The van der Waals surface area contributed by atoms with Gasteiger partial charge in [-0.2, -0.15) is 0 Å². The largest absolute Gasteiger partial charge is 0.480 e. The molecular formula is C18H21ClN2O5S. The molecule has 27 heavy (non-hydrogen) atoms. The van der Waals surface area contributed by atoms with E-state index in [1.807, 2.05) is 0 Å². The number of hydrogen-bond donors (Lipinski definition) is 2. The van der Waals surface area contributed by atoms with Crippen molar-refractivity contribution in [2.45, 2.75) is 55.5 Å². The molecular weight excluding hydrogens is 392 g/mol. The third-order valence-electron chi connectivity index (χ3n) is 4.90. The van der Waals surface area contributed by atoms with Gasteiger partial charge in [0.25, 0.3) is 11.8 Å². The number of fused-ring (bicyclic) bond motifs is 1. The molecule has 0 aliphatic carbocycles. The summed E-state index contributed by atoms with van der Waals surface area (Å²) in [5.41, 5.74) is -1.18. The molecule has 2 heterocycles. The van der Waals surface area contributed by atoms with Gasteiger partial charge in [0.1, 0.15) is 22.7 Å². The molecule has 2 aliphatic rings. The van der Waals surface area contributed by atoms with Crippen LogP contribution < -0.4 is 10.1 Å². The Morgan fingerprint density at radius 1 is 1.33 bits per heavy atom. The summed E-state index contributed by atoms with van der Waals surface area (Å²) in [6.45, 7) is 6.75. The molecule has 0 bridgehead atoms. The second-order valence-corrected chi connectivity index (χ2v) is 9.55. The number of carboxylic acids is 1. The van der Waals surface area contributed by atoms with E-state index in [1.54, 1.807) is 52.0 Å². The second-order valence-electron chi connectivity index (χ2n) is 7.41. The van der Waals surface area contributed by atoms with Gasteiger partial charge in [-0.05, 0) is 39.8 Å².